The van der Waals surface area contributed by atoms with E-state index in [0.29, 0.717) is 12.1 Å². The number of hydrogen-bond donors (Lipinski definition) is 2. The summed E-state index contributed by atoms with van der Waals surface area (Å²) in [6.07, 6.45) is 6.34. The highest BCUT2D eigenvalue weighted by Crippen LogP contribution is 2.16. The zero-order chi connectivity index (χ0) is 17.4. The zero-order valence-electron chi connectivity index (χ0n) is 16.8. The molecule has 2 aliphatic heterocycles. The molecule has 2 rings (SSSR count). The lowest BCUT2D eigenvalue weighted by Crippen LogP contribution is -2.50. The highest BCUT2D eigenvalue weighted by atomic mass is 127. The topological polar surface area (TPSA) is 42.9 Å². The lowest BCUT2D eigenvalue weighted by atomic mass is 9.97. The van der Waals surface area contributed by atoms with E-state index in [1.807, 2.05) is 7.05 Å². The third kappa shape index (κ3) is 7.99. The number of guanidine groups is 1. The fraction of sp³-hybridized carbons (Fsp3) is 0.947. The van der Waals surface area contributed by atoms with Gasteiger partial charge >= 0.3 is 0 Å². The predicted octanol–water partition coefficient (Wildman–Crippen LogP) is 2.76. The first-order valence-corrected chi connectivity index (χ1v) is 10.1. The van der Waals surface area contributed by atoms with Gasteiger partial charge in [0.25, 0.3) is 0 Å². The van der Waals surface area contributed by atoms with Crippen LogP contribution in [-0.2, 0) is 0 Å². The number of halogens is 1. The van der Waals surface area contributed by atoms with Gasteiger partial charge in [-0.25, -0.2) is 0 Å². The maximum atomic E-state index is 4.44. The number of piperidine rings is 2. The second kappa shape index (κ2) is 12.3. The smallest absolute Gasteiger partial charge is 0.191 e. The number of nitrogens with one attached hydrogen (secondary N) is 2. The molecule has 0 atom stereocenters. The van der Waals surface area contributed by atoms with Gasteiger partial charge in [-0.05, 0) is 71.5 Å². The molecule has 0 aromatic heterocycles. The van der Waals surface area contributed by atoms with Gasteiger partial charge in [0.15, 0.2) is 5.96 Å². The van der Waals surface area contributed by atoms with Crippen LogP contribution in [-0.4, -0.2) is 74.2 Å². The van der Waals surface area contributed by atoms with Crippen molar-refractivity contribution in [3.8, 4) is 0 Å². The van der Waals surface area contributed by atoms with Crippen molar-refractivity contribution in [1.82, 2.24) is 20.4 Å². The Morgan fingerprint density at radius 3 is 2.24 bits per heavy atom. The van der Waals surface area contributed by atoms with Crippen molar-refractivity contribution < 1.29 is 0 Å². The third-order valence-electron chi connectivity index (χ3n) is 5.63. The van der Waals surface area contributed by atoms with Crippen LogP contribution in [0.25, 0.3) is 0 Å². The minimum atomic E-state index is 0. The van der Waals surface area contributed by atoms with Crippen molar-refractivity contribution in [2.24, 2.45) is 10.9 Å². The fourth-order valence-electron chi connectivity index (χ4n) is 3.92. The monoisotopic (exact) mass is 465 g/mol. The lowest BCUT2D eigenvalue weighted by molar-refractivity contribution is 0.167. The molecule has 0 amide bonds. The molecule has 0 unspecified atom stereocenters. The first-order valence-electron chi connectivity index (χ1n) is 10.1. The van der Waals surface area contributed by atoms with Crippen molar-refractivity contribution in [2.75, 3.05) is 46.3 Å². The van der Waals surface area contributed by atoms with Gasteiger partial charge < -0.3 is 20.4 Å². The average Bonchev–Trinajstić information content (AvgIpc) is 2.60. The normalized spacial score (nSPS) is 22.0. The number of nitrogens with zero attached hydrogens (tertiary/aromatic N) is 3. The summed E-state index contributed by atoms with van der Waals surface area (Å²) in [5.74, 6) is 1.79. The fourth-order valence-corrected chi connectivity index (χ4v) is 3.92. The van der Waals surface area contributed by atoms with E-state index >= 15 is 0 Å². The molecule has 0 saturated carbocycles. The van der Waals surface area contributed by atoms with Gasteiger partial charge in [-0.1, -0.05) is 6.92 Å². The van der Waals surface area contributed by atoms with Gasteiger partial charge in [0.05, 0.1) is 0 Å². The Labute approximate surface area is 172 Å². The number of hydrogen-bond acceptors (Lipinski definition) is 3. The number of aliphatic imine (C=N–C) groups is 1. The highest BCUT2D eigenvalue weighted by Gasteiger charge is 2.22. The molecule has 6 heteroatoms. The standard InChI is InChI=1S/C19H39N5.HI/c1-5-10-23-11-6-17(7-12-23)15-21-19(20-4)22-18-8-13-24(14-9-18)16(2)3;/h16-18H,5-15H2,1-4H3,(H2,20,21,22);1H. The Kier molecular flexibility index (Phi) is 11.3. The van der Waals surface area contributed by atoms with Gasteiger partial charge in [0.1, 0.15) is 0 Å². The molecule has 0 bridgehead atoms. The molecule has 0 aromatic carbocycles. The Bertz CT molecular complexity index is 372. The van der Waals surface area contributed by atoms with E-state index in [-0.39, 0.29) is 24.0 Å². The van der Waals surface area contributed by atoms with Crippen LogP contribution in [0.3, 0.4) is 0 Å². The molecular weight excluding hydrogens is 425 g/mol. The first kappa shape index (κ1) is 23.0. The minimum absolute atomic E-state index is 0. The van der Waals surface area contributed by atoms with Gasteiger partial charge in [0.2, 0.25) is 0 Å². The molecule has 0 aliphatic carbocycles. The average molecular weight is 465 g/mol. The number of rotatable bonds is 6. The van der Waals surface area contributed by atoms with Crippen LogP contribution >= 0.6 is 24.0 Å². The van der Waals surface area contributed by atoms with Crippen LogP contribution in [0.5, 0.6) is 0 Å². The second-order valence-electron chi connectivity index (χ2n) is 7.79. The Balaban J connectivity index is 0.00000312. The van der Waals surface area contributed by atoms with Crippen molar-refractivity contribution >= 4 is 29.9 Å². The van der Waals surface area contributed by atoms with Crippen molar-refractivity contribution in [3.63, 3.8) is 0 Å². The summed E-state index contributed by atoms with van der Waals surface area (Å²) in [7, 11) is 1.89. The zero-order valence-corrected chi connectivity index (χ0v) is 19.1. The van der Waals surface area contributed by atoms with Crippen molar-refractivity contribution in [1.29, 1.82) is 0 Å². The summed E-state index contributed by atoms with van der Waals surface area (Å²) >= 11 is 0. The second-order valence-corrected chi connectivity index (χ2v) is 7.79. The lowest BCUT2D eigenvalue weighted by Gasteiger charge is -2.36. The molecule has 2 aliphatic rings. The molecule has 2 fully saturated rings. The summed E-state index contributed by atoms with van der Waals surface area (Å²) in [4.78, 5) is 9.61. The Hall–Kier alpha value is -0.0800. The molecule has 0 aromatic rings. The number of likely N-dealkylation sites (tertiary alicyclic amines) is 2. The van der Waals surface area contributed by atoms with Gasteiger partial charge in [-0.3, -0.25) is 4.99 Å². The van der Waals surface area contributed by atoms with E-state index in [4.69, 9.17) is 0 Å². The van der Waals surface area contributed by atoms with Gasteiger partial charge in [0, 0.05) is 38.8 Å². The summed E-state index contributed by atoms with van der Waals surface area (Å²) in [6.45, 7) is 14.1. The highest BCUT2D eigenvalue weighted by molar-refractivity contribution is 14.0. The summed E-state index contributed by atoms with van der Waals surface area (Å²) in [6, 6.07) is 1.24. The maximum Gasteiger partial charge on any atom is 0.191 e. The van der Waals surface area contributed by atoms with Crippen LogP contribution in [0.4, 0.5) is 0 Å². The van der Waals surface area contributed by atoms with Crippen LogP contribution in [0.2, 0.25) is 0 Å². The molecule has 0 spiro atoms. The molecule has 148 valence electrons. The van der Waals surface area contributed by atoms with Crippen LogP contribution in [0.15, 0.2) is 4.99 Å². The van der Waals surface area contributed by atoms with Crippen molar-refractivity contribution in [3.05, 3.63) is 0 Å². The van der Waals surface area contributed by atoms with E-state index in [0.717, 1.165) is 18.4 Å². The van der Waals surface area contributed by atoms with E-state index in [9.17, 15) is 0 Å². The minimum Gasteiger partial charge on any atom is -0.356 e. The maximum absolute atomic E-state index is 4.44. The SMILES string of the molecule is CCCN1CCC(CNC(=NC)NC2CCN(C(C)C)CC2)CC1.I. The summed E-state index contributed by atoms with van der Waals surface area (Å²) in [5, 5.41) is 7.21. The van der Waals surface area contributed by atoms with Gasteiger partial charge in [-0.2, -0.15) is 0 Å². The molecule has 2 saturated heterocycles. The third-order valence-corrected chi connectivity index (χ3v) is 5.63. The Morgan fingerprint density at radius 1 is 1.08 bits per heavy atom. The predicted molar refractivity (Wildman–Crippen MR) is 119 cm³/mol. The van der Waals surface area contributed by atoms with E-state index in [1.165, 1.54) is 64.8 Å². The Morgan fingerprint density at radius 2 is 1.72 bits per heavy atom. The first-order chi connectivity index (χ1) is 11.6. The molecular formula is C19H40IN5. The van der Waals surface area contributed by atoms with Crippen LogP contribution < -0.4 is 10.6 Å². The molecule has 0 radical (unpaired) electrons. The van der Waals surface area contributed by atoms with E-state index in [1.54, 1.807) is 0 Å². The molecule has 2 N–H and O–H groups in total. The van der Waals surface area contributed by atoms with Crippen LogP contribution in [0, 0.1) is 5.92 Å². The van der Waals surface area contributed by atoms with Gasteiger partial charge in [-0.15, -0.1) is 24.0 Å². The summed E-state index contributed by atoms with van der Waals surface area (Å²) < 4.78 is 0. The molecule has 25 heavy (non-hydrogen) atoms. The molecule has 5 nitrogen and oxygen atoms in total. The van der Waals surface area contributed by atoms with E-state index < -0.39 is 0 Å². The van der Waals surface area contributed by atoms with Crippen LogP contribution in [0.1, 0.15) is 52.9 Å². The van der Waals surface area contributed by atoms with Crippen molar-refractivity contribution in [2.45, 2.75) is 65.0 Å². The quantitative estimate of drug-likeness (QED) is 0.360. The summed E-state index contributed by atoms with van der Waals surface area (Å²) in [5.41, 5.74) is 0. The largest absolute Gasteiger partial charge is 0.356 e. The molecule has 2 heterocycles. The van der Waals surface area contributed by atoms with E-state index in [2.05, 4.69) is 46.2 Å².